The van der Waals surface area contributed by atoms with Gasteiger partial charge < -0.3 is 0 Å². The van der Waals surface area contributed by atoms with Crippen molar-refractivity contribution in [3.05, 3.63) is 70.5 Å². The predicted octanol–water partition coefficient (Wildman–Crippen LogP) is 3.90. The predicted molar refractivity (Wildman–Crippen MR) is 70.2 cm³/mol. The van der Waals surface area contributed by atoms with E-state index in [1.165, 1.54) is 13.0 Å². The first-order chi connectivity index (χ1) is 9.92. The number of aryl methyl sites for hydroxylation is 1. The summed E-state index contributed by atoms with van der Waals surface area (Å²) in [5.74, 6) is -4.21. The monoisotopic (exact) mass is 289 g/mol. The molecule has 1 unspecified atom stereocenters. The number of hydrogen-bond donors (Lipinski definition) is 0. The lowest BCUT2D eigenvalue weighted by atomic mass is 9.90. The molecule has 0 aliphatic rings. The molecule has 0 spiro atoms. The normalized spacial score (nSPS) is 11.8. The summed E-state index contributed by atoms with van der Waals surface area (Å²) >= 11 is 0. The molecule has 1 atom stereocenters. The van der Waals surface area contributed by atoms with Gasteiger partial charge >= 0.3 is 0 Å². The molecule has 0 aromatic heterocycles. The van der Waals surface area contributed by atoms with Gasteiger partial charge in [0.25, 0.3) is 0 Å². The highest BCUT2D eigenvalue weighted by molar-refractivity contribution is 6.03. The Morgan fingerprint density at radius 1 is 1.05 bits per heavy atom. The fourth-order valence-corrected chi connectivity index (χ4v) is 2.09. The minimum Gasteiger partial charge on any atom is -0.292 e. The van der Waals surface area contributed by atoms with Crippen LogP contribution in [0.1, 0.15) is 27.4 Å². The third-order valence-corrected chi connectivity index (χ3v) is 3.06. The Balaban J connectivity index is 2.46. The summed E-state index contributed by atoms with van der Waals surface area (Å²) < 4.78 is 39.5. The number of halogens is 3. The van der Waals surface area contributed by atoms with Gasteiger partial charge in [0.1, 0.15) is 23.4 Å². The van der Waals surface area contributed by atoms with Gasteiger partial charge in [0.2, 0.25) is 0 Å². The number of nitrogens with zero attached hydrogens (tertiary/aromatic N) is 1. The number of carbonyl (C=O) groups is 1. The summed E-state index contributed by atoms with van der Waals surface area (Å²) in [4.78, 5) is 12.3. The van der Waals surface area contributed by atoms with Crippen molar-refractivity contribution in [3.63, 3.8) is 0 Å². The summed E-state index contributed by atoms with van der Waals surface area (Å²) in [6, 6.07) is 7.79. The smallest absolute Gasteiger partial charge is 0.184 e. The maximum absolute atomic E-state index is 13.2. The molecule has 2 aromatic rings. The number of carbonyl (C=O) groups excluding carboxylic acids is 1. The average molecular weight is 289 g/mol. The van der Waals surface area contributed by atoms with Crippen LogP contribution in [-0.4, -0.2) is 5.78 Å². The zero-order chi connectivity index (χ0) is 15.6. The molecule has 0 amide bonds. The van der Waals surface area contributed by atoms with E-state index >= 15 is 0 Å². The standard InChI is InChI=1S/C16H10F3NO/c1-9-4-11(17)2-3-14(9)16(21)15(8-20)10-5-12(18)7-13(19)6-10/h2-7,15H,1H3. The second-order valence-corrected chi connectivity index (χ2v) is 4.59. The Kier molecular flexibility index (Phi) is 4.08. The maximum atomic E-state index is 13.2. The van der Waals surface area contributed by atoms with Crippen LogP contribution in [0, 0.1) is 35.7 Å². The zero-order valence-corrected chi connectivity index (χ0v) is 11.0. The van der Waals surface area contributed by atoms with E-state index in [2.05, 4.69) is 0 Å². The molecular weight excluding hydrogens is 279 g/mol. The minimum atomic E-state index is -1.35. The largest absolute Gasteiger partial charge is 0.292 e. The second-order valence-electron chi connectivity index (χ2n) is 4.59. The SMILES string of the molecule is Cc1cc(F)ccc1C(=O)C(C#N)c1cc(F)cc(F)c1. The minimum absolute atomic E-state index is 0.0660. The number of hydrogen-bond acceptors (Lipinski definition) is 2. The molecule has 2 nitrogen and oxygen atoms in total. The van der Waals surface area contributed by atoms with Crippen molar-refractivity contribution in [1.29, 1.82) is 5.26 Å². The van der Waals surface area contributed by atoms with Gasteiger partial charge in [-0.2, -0.15) is 5.26 Å². The highest BCUT2D eigenvalue weighted by Crippen LogP contribution is 2.24. The van der Waals surface area contributed by atoms with Crippen molar-refractivity contribution in [1.82, 2.24) is 0 Å². The van der Waals surface area contributed by atoms with Crippen LogP contribution in [0.5, 0.6) is 0 Å². The van der Waals surface area contributed by atoms with Gasteiger partial charge in [-0.3, -0.25) is 4.79 Å². The van der Waals surface area contributed by atoms with Crippen LogP contribution in [0.3, 0.4) is 0 Å². The van der Waals surface area contributed by atoms with Crippen LogP contribution >= 0.6 is 0 Å². The van der Waals surface area contributed by atoms with Gasteiger partial charge in [0.05, 0.1) is 6.07 Å². The van der Waals surface area contributed by atoms with E-state index in [1.807, 2.05) is 0 Å². The van der Waals surface area contributed by atoms with Crippen LogP contribution in [-0.2, 0) is 0 Å². The van der Waals surface area contributed by atoms with Gasteiger partial charge in [-0.1, -0.05) is 0 Å². The first-order valence-electron chi connectivity index (χ1n) is 6.08. The van der Waals surface area contributed by atoms with Crippen LogP contribution in [0.2, 0.25) is 0 Å². The third kappa shape index (κ3) is 3.11. The van der Waals surface area contributed by atoms with E-state index in [4.69, 9.17) is 5.26 Å². The lowest BCUT2D eigenvalue weighted by molar-refractivity contribution is 0.0978. The number of rotatable bonds is 3. The van der Waals surface area contributed by atoms with Crippen LogP contribution in [0.15, 0.2) is 36.4 Å². The van der Waals surface area contributed by atoms with Gasteiger partial charge in [-0.25, -0.2) is 13.2 Å². The quantitative estimate of drug-likeness (QED) is 0.804. The van der Waals surface area contributed by atoms with Crippen molar-refractivity contribution in [3.8, 4) is 6.07 Å². The fraction of sp³-hybridized carbons (Fsp3) is 0.125. The Morgan fingerprint density at radius 2 is 1.67 bits per heavy atom. The lowest BCUT2D eigenvalue weighted by Crippen LogP contribution is -2.13. The molecule has 0 aliphatic heterocycles. The number of ketones is 1. The molecule has 2 aromatic carbocycles. The average Bonchev–Trinajstić information content (AvgIpc) is 2.38. The van der Waals surface area contributed by atoms with E-state index in [0.717, 1.165) is 24.3 Å². The summed E-state index contributed by atoms with van der Waals surface area (Å²) in [5.41, 5.74) is 0.438. The lowest BCUT2D eigenvalue weighted by Gasteiger charge is -2.11. The van der Waals surface area contributed by atoms with E-state index in [9.17, 15) is 18.0 Å². The molecule has 0 heterocycles. The van der Waals surface area contributed by atoms with Crippen molar-refractivity contribution in [2.45, 2.75) is 12.8 Å². The topological polar surface area (TPSA) is 40.9 Å². The third-order valence-electron chi connectivity index (χ3n) is 3.06. The van der Waals surface area contributed by atoms with Crippen molar-refractivity contribution in [2.24, 2.45) is 0 Å². The summed E-state index contributed by atoms with van der Waals surface area (Å²) in [6.45, 7) is 1.52. The fourth-order valence-electron chi connectivity index (χ4n) is 2.09. The molecule has 0 aliphatic carbocycles. The van der Waals surface area contributed by atoms with E-state index in [0.29, 0.717) is 11.6 Å². The molecule has 0 saturated carbocycles. The van der Waals surface area contributed by atoms with Crippen LogP contribution in [0.4, 0.5) is 13.2 Å². The molecule has 0 saturated heterocycles. The van der Waals surface area contributed by atoms with Gasteiger partial charge in [-0.05, 0) is 48.4 Å². The molecule has 0 bridgehead atoms. The van der Waals surface area contributed by atoms with Crippen molar-refractivity contribution < 1.29 is 18.0 Å². The summed E-state index contributed by atoms with van der Waals surface area (Å²) in [7, 11) is 0. The molecule has 21 heavy (non-hydrogen) atoms. The van der Waals surface area contributed by atoms with Crippen molar-refractivity contribution in [2.75, 3.05) is 0 Å². The molecular formula is C16H10F3NO. The van der Waals surface area contributed by atoms with E-state index in [-0.39, 0.29) is 11.1 Å². The molecule has 106 valence electrons. The number of benzene rings is 2. The number of Topliss-reactive ketones (excluding diaryl/α,β-unsaturated/α-hetero) is 1. The highest BCUT2D eigenvalue weighted by atomic mass is 19.1. The molecule has 2 rings (SSSR count). The molecule has 0 fully saturated rings. The van der Waals surface area contributed by atoms with E-state index in [1.54, 1.807) is 6.07 Å². The highest BCUT2D eigenvalue weighted by Gasteiger charge is 2.24. The molecule has 0 radical (unpaired) electrons. The molecule has 5 heteroatoms. The first kappa shape index (κ1) is 14.8. The van der Waals surface area contributed by atoms with Crippen LogP contribution < -0.4 is 0 Å². The zero-order valence-electron chi connectivity index (χ0n) is 11.0. The Labute approximate surface area is 119 Å². The van der Waals surface area contributed by atoms with Crippen molar-refractivity contribution >= 4 is 5.78 Å². The summed E-state index contributed by atoms with van der Waals surface area (Å²) in [5, 5.41) is 9.15. The van der Waals surface area contributed by atoms with E-state index < -0.39 is 29.2 Å². The maximum Gasteiger partial charge on any atom is 0.184 e. The Bertz CT molecular complexity index is 729. The Hall–Kier alpha value is -2.61. The first-order valence-corrected chi connectivity index (χ1v) is 6.08. The van der Waals surface area contributed by atoms with Gasteiger partial charge in [0, 0.05) is 11.6 Å². The second kappa shape index (κ2) is 5.80. The Morgan fingerprint density at radius 3 is 2.19 bits per heavy atom. The molecule has 0 N–H and O–H groups in total. The van der Waals surface area contributed by atoms with Gasteiger partial charge in [0.15, 0.2) is 5.78 Å². The van der Waals surface area contributed by atoms with Crippen LogP contribution in [0.25, 0.3) is 0 Å². The number of nitriles is 1. The summed E-state index contributed by atoms with van der Waals surface area (Å²) in [6.07, 6.45) is 0. The van der Waals surface area contributed by atoms with Gasteiger partial charge in [-0.15, -0.1) is 0 Å².